The van der Waals surface area contributed by atoms with E-state index >= 15 is 0 Å². The van der Waals surface area contributed by atoms with Gasteiger partial charge in [-0.1, -0.05) is 0 Å². The monoisotopic (exact) mass is 286 g/mol. The van der Waals surface area contributed by atoms with Gasteiger partial charge in [0.15, 0.2) is 0 Å². The van der Waals surface area contributed by atoms with Crippen LogP contribution in [0.2, 0.25) is 0 Å². The Bertz CT molecular complexity index is 608. The Kier molecular flexibility index (Phi) is 4.22. The van der Waals surface area contributed by atoms with Crippen molar-refractivity contribution in [2.75, 3.05) is 51.3 Å². The summed E-state index contributed by atoms with van der Waals surface area (Å²) in [7, 11) is 1.69. The molecule has 0 amide bonds. The summed E-state index contributed by atoms with van der Waals surface area (Å²) in [4.78, 5) is 9.37. The summed E-state index contributed by atoms with van der Waals surface area (Å²) < 4.78 is 5.30. The van der Waals surface area contributed by atoms with Crippen molar-refractivity contribution < 1.29 is 4.74 Å². The minimum absolute atomic E-state index is 0.728. The van der Waals surface area contributed by atoms with Gasteiger partial charge >= 0.3 is 0 Å². The summed E-state index contributed by atoms with van der Waals surface area (Å²) in [6.07, 6.45) is 1.88. The first kappa shape index (κ1) is 14.1. The summed E-state index contributed by atoms with van der Waals surface area (Å²) in [6, 6.07) is 8.19. The molecule has 2 N–H and O–H groups in total. The van der Waals surface area contributed by atoms with Crippen LogP contribution in [0.15, 0.2) is 30.5 Å². The number of anilines is 1. The largest absolute Gasteiger partial charge is 0.497 e. The fourth-order valence-electron chi connectivity index (χ4n) is 2.88. The zero-order chi connectivity index (χ0) is 14.7. The third-order valence-electron chi connectivity index (χ3n) is 4.07. The number of aromatic nitrogens is 1. The van der Waals surface area contributed by atoms with E-state index in [1.807, 2.05) is 18.3 Å². The molecule has 1 fully saturated rings. The average molecular weight is 286 g/mol. The Balaban J connectivity index is 1.84. The van der Waals surface area contributed by atoms with Gasteiger partial charge in [-0.2, -0.15) is 0 Å². The molecule has 0 saturated carbocycles. The fraction of sp³-hybridized carbons (Fsp3) is 0.438. The van der Waals surface area contributed by atoms with Crippen molar-refractivity contribution in [2.45, 2.75) is 0 Å². The maximum atomic E-state index is 5.63. The molecule has 2 aromatic rings. The third-order valence-corrected chi connectivity index (χ3v) is 4.07. The number of nitrogens with zero attached hydrogens (tertiary/aromatic N) is 3. The molecule has 0 atom stereocenters. The van der Waals surface area contributed by atoms with Crippen molar-refractivity contribution in [3.05, 3.63) is 30.5 Å². The standard InChI is InChI=1S/C16H22N4O/c1-21-14-2-3-15-13(12-14)4-6-18-16(15)20-10-8-19(7-5-17)9-11-20/h2-4,6,12H,5,7-11,17H2,1H3. The number of ether oxygens (including phenoxy) is 1. The molecule has 0 aliphatic carbocycles. The molecule has 0 bridgehead atoms. The molecule has 0 spiro atoms. The fourth-order valence-corrected chi connectivity index (χ4v) is 2.88. The Morgan fingerprint density at radius 3 is 2.71 bits per heavy atom. The Morgan fingerprint density at radius 2 is 2.00 bits per heavy atom. The molecule has 112 valence electrons. The van der Waals surface area contributed by atoms with Crippen LogP contribution in [0.4, 0.5) is 5.82 Å². The second-order valence-corrected chi connectivity index (χ2v) is 5.34. The molecule has 5 nitrogen and oxygen atoms in total. The molecule has 21 heavy (non-hydrogen) atoms. The number of nitrogens with two attached hydrogens (primary N) is 1. The van der Waals surface area contributed by atoms with Crippen LogP contribution in [0.3, 0.4) is 0 Å². The van der Waals surface area contributed by atoms with Crippen LogP contribution >= 0.6 is 0 Å². The maximum absolute atomic E-state index is 5.63. The minimum Gasteiger partial charge on any atom is -0.497 e. The summed E-state index contributed by atoms with van der Waals surface area (Å²) >= 11 is 0. The average Bonchev–Trinajstić information content (AvgIpc) is 2.55. The number of benzene rings is 1. The number of hydrogen-bond donors (Lipinski definition) is 1. The van der Waals surface area contributed by atoms with E-state index in [-0.39, 0.29) is 0 Å². The van der Waals surface area contributed by atoms with E-state index in [0.29, 0.717) is 0 Å². The molecule has 1 saturated heterocycles. The van der Waals surface area contributed by atoms with Gasteiger partial charge in [-0.15, -0.1) is 0 Å². The SMILES string of the molecule is COc1ccc2c(N3CCN(CCN)CC3)nccc2c1. The van der Waals surface area contributed by atoms with Gasteiger partial charge in [0.2, 0.25) is 0 Å². The third kappa shape index (κ3) is 2.94. The quantitative estimate of drug-likeness (QED) is 0.919. The van der Waals surface area contributed by atoms with E-state index in [0.717, 1.165) is 50.8 Å². The summed E-state index contributed by atoms with van der Waals surface area (Å²) in [6.45, 7) is 5.80. The number of hydrogen-bond acceptors (Lipinski definition) is 5. The van der Waals surface area contributed by atoms with Gasteiger partial charge in [0.05, 0.1) is 7.11 Å². The van der Waals surface area contributed by atoms with Crippen molar-refractivity contribution in [1.82, 2.24) is 9.88 Å². The lowest BCUT2D eigenvalue weighted by atomic mass is 10.1. The number of rotatable bonds is 4. The zero-order valence-corrected chi connectivity index (χ0v) is 12.5. The highest BCUT2D eigenvalue weighted by molar-refractivity contribution is 5.93. The number of pyridine rings is 1. The van der Waals surface area contributed by atoms with E-state index < -0.39 is 0 Å². The highest BCUT2D eigenvalue weighted by Crippen LogP contribution is 2.28. The van der Waals surface area contributed by atoms with Crippen molar-refractivity contribution >= 4 is 16.6 Å². The molecule has 1 aliphatic heterocycles. The van der Waals surface area contributed by atoms with Crippen molar-refractivity contribution in [3.63, 3.8) is 0 Å². The topological polar surface area (TPSA) is 54.6 Å². The molecule has 1 aromatic carbocycles. The first-order valence-corrected chi connectivity index (χ1v) is 7.42. The molecular weight excluding hydrogens is 264 g/mol. The number of fused-ring (bicyclic) bond motifs is 1. The highest BCUT2D eigenvalue weighted by atomic mass is 16.5. The van der Waals surface area contributed by atoms with Crippen LogP contribution in [-0.2, 0) is 0 Å². The van der Waals surface area contributed by atoms with Gasteiger partial charge in [-0.25, -0.2) is 4.98 Å². The lowest BCUT2D eigenvalue weighted by Gasteiger charge is -2.35. The molecule has 3 rings (SSSR count). The van der Waals surface area contributed by atoms with Crippen LogP contribution in [0.5, 0.6) is 5.75 Å². The van der Waals surface area contributed by atoms with Crippen molar-refractivity contribution in [3.8, 4) is 5.75 Å². The Morgan fingerprint density at radius 1 is 1.19 bits per heavy atom. The van der Waals surface area contributed by atoms with Gasteiger partial charge < -0.3 is 15.4 Å². The van der Waals surface area contributed by atoms with Crippen molar-refractivity contribution in [1.29, 1.82) is 0 Å². The molecule has 2 heterocycles. The summed E-state index contributed by atoms with van der Waals surface area (Å²) in [5.74, 6) is 1.95. The molecule has 5 heteroatoms. The second kappa shape index (κ2) is 6.28. The van der Waals surface area contributed by atoms with Gasteiger partial charge in [0.25, 0.3) is 0 Å². The van der Waals surface area contributed by atoms with Crippen molar-refractivity contribution in [2.24, 2.45) is 5.73 Å². The normalized spacial score (nSPS) is 16.4. The summed E-state index contributed by atoms with van der Waals surface area (Å²) in [5.41, 5.74) is 5.63. The zero-order valence-electron chi connectivity index (χ0n) is 12.5. The van der Waals surface area contributed by atoms with Crippen LogP contribution in [0.1, 0.15) is 0 Å². The number of piperazine rings is 1. The lowest BCUT2D eigenvalue weighted by molar-refractivity contribution is 0.264. The Hall–Kier alpha value is -1.85. The maximum Gasteiger partial charge on any atom is 0.136 e. The van der Waals surface area contributed by atoms with E-state index in [1.54, 1.807) is 7.11 Å². The van der Waals surface area contributed by atoms with Gasteiger partial charge in [-0.3, -0.25) is 4.90 Å². The van der Waals surface area contributed by atoms with Crippen LogP contribution in [0, 0.1) is 0 Å². The highest BCUT2D eigenvalue weighted by Gasteiger charge is 2.19. The van der Waals surface area contributed by atoms with Crippen LogP contribution in [0.25, 0.3) is 10.8 Å². The Labute approximate surface area is 125 Å². The van der Waals surface area contributed by atoms with Crippen LogP contribution in [-0.4, -0.2) is 56.3 Å². The van der Waals surface area contributed by atoms with Gasteiger partial charge in [0, 0.05) is 50.9 Å². The number of methoxy groups -OCH3 is 1. The predicted octanol–water partition coefficient (Wildman–Crippen LogP) is 1.32. The van der Waals surface area contributed by atoms with E-state index in [2.05, 4.69) is 26.9 Å². The smallest absolute Gasteiger partial charge is 0.136 e. The van der Waals surface area contributed by atoms with Crippen LogP contribution < -0.4 is 15.4 Å². The minimum atomic E-state index is 0.728. The predicted molar refractivity (Wildman–Crippen MR) is 86.0 cm³/mol. The summed E-state index contributed by atoms with van der Waals surface area (Å²) in [5, 5.41) is 2.36. The van der Waals surface area contributed by atoms with E-state index in [4.69, 9.17) is 10.5 Å². The van der Waals surface area contributed by atoms with Gasteiger partial charge in [0.1, 0.15) is 11.6 Å². The first-order valence-electron chi connectivity index (χ1n) is 7.42. The molecule has 1 aromatic heterocycles. The second-order valence-electron chi connectivity index (χ2n) is 5.34. The van der Waals surface area contributed by atoms with E-state index in [9.17, 15) is 0 Å². The van der Waals surface area contributed by atoms with Gasteiger partial charge in [-0.05, 0) is 29.7 Å². The lowest BCUT2D eigenvalue weighted by Crippen LogP contribution is -2.48. The first-order chi connectivity index (χ1) is 10.3. The van der Waals surface area contributed by atoms with E-state index in [1.165, 1.54) is 10.8 Å². The molecule has 0 radical (unpaired) electrons. The molecular formula is C16H22N4O. The molecule has 0 unspecified atom stereocenters. The molecule has 1 aliphatic rings.